The quantitative estimate of drug-likeness (QED) is 0.0168. The van der Waals surface area contributed by atoms with Crippen LogP contribution in [-0.2, 0) is 46.3 Å². The van der Waals surface area contributed by atoms with Gasteiger partial charge in [0.2, 0.25) is 17.7 Å². The highest BCUT2D eigenvalue weighted by Crippen LogP contribution is 2.24. The fourth-order valence-electron chi connectivity index (χ4n) is 5.95. The smallest absolute Gasteiger partial charge is 0.327 e. The normalized spacial score (nSPS) is 16.3. The summed E-state index contributed by atoms with van der Waals surface area (Å²) in [5.41, 5.74) is 14.0. The molecule has 8 atom stereocenters. The summed E-state index contributed by atoms with van der Waals surface area (Å²) in [4.78, 5) is 98.8. The number of ketones is 1. The van der Waals surface area contributed by atoms with Crippen molar-refractivity contribution in [2.75, 3.05) is 43.1 Å². The number of rotatable bonds is 30. The monoisotopic (exact) mass is 967 g/mol. The van der Waals surface area contributed by atoms with E-state index in [1.54, 1.807) is 30.5 Å². The average Bonchev–Trinajstić information content (AvgIpc) is 3.29. The van der Waals surface area contributed by atoms with E-state index in [0.29, 0.717) is 35.6 Å². The molecule has 3 amide bonds. The third-order valence-electron chi connectivity index (χ3n) is 9.98. The average molecular weight is 968 g/mol. The van der Waals surface area contributed by atoms with Crippen LogP contribution in [0.3, 0.4) is 0 Å². The van der Waals surface area contributed by atoms with Gasteiger partial charge in [-0.3, -0.25) is 28.8 Å². The van der Waals surface area contributed by atoms with Crippen molar-refractivity contribution in [2.45, 2.75) is 88.5 Å². The number of aliphatic hydroxyl groups is 5. The van der Waals surface area contributed by atoms with Gasteiger partial charge in [-0.2, -0.15) is 0 Å². The van der Waals surface area contributed by atoms with Gasteiger partial charge in [-0.1, -0.05) is 52.8 Å². The number of nitrogens with one attached hydrogen (secondary N) is 4. The predicted molar refractivity (Wildman–Crippen MR) is 238 cm³/mol. The third-order valence-corrected chi connectivity index (χ3v) is 12.4. The maximum absolute atomic E-state index is 13.0. The molecule has 0 fully saturated rings. The Labute approximate surface area is 386 Å². The van der Waals surface area contributed by atoms with Crippen LogP contribution in [0.5, 0.6) is 0 Å². The van der Waals surface area contributed by atoms with Crippen molar-refractivity contribution in [3.05, 3.63) is 53.0 Å². The van der Waals surface area contributed by atoms with Crippen molar-refractivity contribution in [1.82, 2.24) is 25.9 Å². The standard InChI is InChI=1S/C40H57N9O15S2/c1-20(2-10-29(54)43-16-27(52)33(57)34(58)28(53)18-50)37(59)47-25(39(62)63)19-66-65-13-12-64-31(56)17-44-30(55)11-8-23(38(60)61)14-26(51)22-6-3-21(4-7-22)5-9-24-15-45-36-32(46-24)35(41)48-40(42)49-36/h3-4,6-7,15,20,23,25,27-28,33-35,50,52-53,57-58H,2,5,8-14,16-19,41H2,1H3,(H,43,54)(H,44,55)(H,47,59)(H,60,61)(H,62,63)(H3,42,45,48,49)/t20-,23+,25-,27-,28+,33+,34+,35?/m0/s1. The topological polar surface area (TPSA) is 409 Å². The minimum Gasteiger partial charge on any atom is -0.481 e. The van der Waals surface area contributed by atoms with E-state index in [-0.39, 0.29) is 56.2 Å². The summed E-state index contributed by atoms with van der Waals surface area (Å²) in [6.07, 6.45) is -6.09. The van der Waals surface area contributed by atoms with Crippen molar-refractivity contribution in [2.24, 2.45) is 28.3 Å². The van der Waals surface area contributed by atoms with Crippen molar-refractivity contribution in [1.29, 1.82) is 0 Å². The van der Waals surface area contributed by atoms with Crippen molar-refractivity contribution in [3.63, 3.8) is 0 Å². The first-order valence-electron chi connectivity index (χ1n) is 20.7. The molecule has 0 saturated heterocycles. The molecule has 0 spiro atoms. The summed E-state index contributed by atoms with van der Waals surface area (Å²) in [7, 11) is 2.24. The maximum atomic E-state index is 13.0. The van der Waals surface area contributed by atoms with Crippen LogP contribution in [0.15, 0.2) is 35.5 Å². The molecule has 1 unspecified atom stereocenters. The minimum absolute atomic E-state index is 0.00288. The van der Waals surface area contributed by atoms with Gasteiger partial charge >= 0.3 is 17.9 Å². The number of nitrogens with two attached hydrogens (primary N) is 2. The number of carbonyl (C=O) groups is 7. The van der Waals surface area contributed by atoms with Gasteiger partial charge in [-0.15, -0.1) is 0 Å². The van der Waals surface area contributed by atoms with E-state index < -0.39 is 110 Å². The number of aliphatic imine (C=N–C) groups is 1. The molecule has 15 N–H and O–H groups in total. The summed E-state index contributed by atoms with van der Waals surface area (Å²) in [6.45, 7) is -0.472. The number of carboxylic acid groups (broad SMARTS) is 2. The molecule has 364 valence electrons. The zero-order valence-corrected chi connectivity index (χ0v) is 37.5. The summed E-state index contributed by atoms with van der Waals surface area (Å²) in [5.74, 6) is -6.81. The summed E-state index contributed by atoms with van der Waals surface area (Å²) >= 11 is 0. The molecule has 0 bridgehead atoms. The van der Waals surface area contributed by atoms with Gasteiger partial charge in [0.1, 0.15) is 49.4 Å². The number of fused-ring (bicyclic) bond motifs is 1. The summed E-state index contributed by atoms with van der Waals surface area (Å²) < 4.78 is 5.07. The van der Waals surface area contributed by atoms with E-state index in [9.17, 15) is 64.2 Å². The Morgan fingerprint density at radius 1 is 0.894 bits per heavy atom. The molecule has 1 aliphatic rings. The van der Waals surface area contributed by atoms with Gasteiger partial charge in [-0.25, -0.2) is 19.8 Å². The van der Waals surface area contributed by atoms with E-state index in [2.05, 4.69) is 36.2 Å². The molecule has 66 heavy (non-hydrogen) atoms. The van der Waals surface area contributed by atoms with E-state index in [1.165, 1.54) is 6.92 Å². The van der Waals surface area contributed by atoms with Crippen LogP contribution in [0.1, 0.15) is 72.5 Å². The second kappa shape index (κ2) is 27.9. The third kappa shape index (κ3) is 18.8. The zero-order valence-electron chi connectivity index (χ0n) is 35.9. The fraction of sp³-hybridized carbons (Fsp3) is 0.550. The first-order valence-corrected chi connectivity index (χ1v) is 23.1. The molecule has 1 aromatic heterocycles. The van der Waals surface area contributed by atoms with E-state index >= 15 is 0 Å². The van der Waals surface area contributed by atoms with E-state index in [0.717, 1.165) is 27.2 Å². The molecule has 3 rings (SSSR count). The van der Waals surface area contributed by atoms with Gasteiger partial charge < -0.3 is 73.2 Å². The number of carbonyl (C=O) groups excluding carboxylic acids is 5. The molecule has 0 radical (unpaired) electrons. The zero-order chi connectivity index (χ0) is 48.9. The molecular weight excluding hydrogens is 911 g/mol. The van der Waals surface area contributed by atoms with E-state index in [4.69, 9.17) is 21.3 Å². The van der Waals surface area contributed by atoms with Gasteiger partial charge in [0.05, 0.1) is 30.5 Å². The largest absolute Gasteiger partial charge is 0.481 e. The fourth-order valence-corrected chi connectivity index (χ4v) is 7.93. The van der Waals surface area contributed by atoms with Crippen molar-refractivity contribution in [3.8, 4) is 0 Å². The number of ether oxygens (including phenoxy) is 1. The van der Waals surface area contributed by atoms with Crippen LogP contribution in [0, 0.1) is 11.8 Å². The number of aliphatic hydroxyl groups excluding tert-OH is 5. The van der Waals surface area contributed by atoms with Gasteiger partial charge in [0.15, 0.2) is 17.6 Å². The number of anilines is 1. The molecule has 2 aromatic rings. The first-order chi connectivity index (χ1) is 31.3. The molecule has 2 heterocycles. The van der Waals surface area contributed by atoms with Crippen molar-refractivity contribution < 1.29 is 74.0 Å². The number of hydrogen-bond acceptors (Lipinski definition) is 21. The Bertz CT molecular complexity index is 2020. The van der Waals surface area contributed by atoms with Gasteiger partial charge in [-0.05, 0) is 31.2 Å². The lowest BCUT2D eigenvalue weighted by Gasteiger charge is -2.25. The minimum atomic E-state index is -1.86. The number of benzene rings is 1. The molecular formula is C40H57N9O15S2. The number of aliphatic carboxylic acids is 2. The molecule has 1 aliphatic heterocycles. The molecule has 0 saturated carbocycles. The summed E-state index contributed by atoms with van der Waals surface area (Å²) in [5, 5.41) is 76.8. The van der Waals surface area contributed by atoms with Crippen LogP contribution < -0.4 is 32.7 Å². The molecule has 24 nitrogen and oxygen atoms in total. The van der Waals surface area contributed by atoms with Crippen LogP contribution in [0.25, 0.3) is 0 Å². The van der Waals surface area contributed by atoms with Gasteiger partial charge in [0, 0.05) is 48.8 Å². The van der Waals surface area contributed by atoms with Crippen molar-refractivity contribution >= 4 is 74.8 Å². The highest BCUT2D eigenvalue weighted by Gasteiger charge is 2.31. The lowest BCUT2D eigenvalue weighted by atomic mass is 9.93. The van der Waals surface area contributed by atoms with Crippen LogP contribution in [0.2, 0.25) is 0 Å². The number of hydrogen-bond donors (Lipinski definition) is 13. The lowest BCUT2D eigenvalue weighted by molar-refractivity contribution is -0.144. The number of Topliss-reactive ketones (excluding diaryl/α,β-unsaturated/α-hetero) is 1. The maximum Gasteiger partial charge on any atom is 0.327 e. The van der Waals surface area contributed by atoms with Crippen LogP contribution in [0.4, 0.5) is 5.82 Å². The van der Waals surface area contributed by atoms with E-state index in [1.807, 2.05) is 0 Å². The lowest BCUT2D eigenvalue weighted by Crippen LogP contribution is -2.49. The summed E-state index contributed by atoms with van der Waals surface area (Å²) in [6, 6.07) is 5.43. The number of esters is 1. The highest BCUT2D eigenvalue weighted by molar-refractivity contribution is 8.76. The van der Waals surface area contributed by atoms with Crippen LogP contribution in [-0.4, -0.2) is 161 Å². The first kappa shape index (κ1) is 54.9. The SMILES string of the molecule is C[C@@H](CCC(=O)NC[C@H](O)[C@@H](O)[C@H](O)[C@H](O)CO)C(=O)N[C@@H](CSSCCOC(=O)CNC(=O)CC[C@H](CC(=O)c1ccc(CCc2cnc3c(n2)C(N)N=C(N)N3)cc1)C(=O)O)C(=O)O. The Morgan fingerprint density at radius 3 is 2.23 bits per heavy atom. The molecule has 1 aromatic carbocycles. The number of amides is 3. The predicted octanol–water partition coefficient (Wildman–Crippen LogP) is -2.41. The Kier molecular flexibility index (Phi) is 23.2. The second-order valence-electron chi connectivity index (χ2n) is 15.1. The molecule has 0 aliphatic carbocycles. The van der Waals surface area contributed by atoms with Crippen LogP contribution >= 0.6 is 21.6 Å². The number of guanidine groups is 1. The second-order valence-corrected chi connectivity index (χ2v) is 17.7. The highest BCUT2D eigenvalue weighted by atomic mass is 33.1. The number of aromatic nitrogens is 2. The number of aryl methyl sites for hydroxylation is 2. The Balaban J connectivity index is 1.28. The molecule has 26 heteroatoms. The Hall–Kier alpha value is -5.48. The number of carboxylic acids is 2. The van der Waals surface area contributed by atoms with Gasteiger partial charge in [0.25, 0.3) is 0 Å². The number of nitrogens with zero attached hydrogens (tertiary/aromatic N) is 3. The Morgan fingerprint density at radius 2 is 1.56 bits per heavy atom.